The molecule has 0 spiro atoms. The van der Waals surface area contributed by atoms with Gasteiger partial charge >= 0.3 is 6.03 Å². The Morgan fingerprint density at radius 1 is 1.22 bits per heavy atom. The zero-order valence-electron chi connectivity index (χ0n) is 13.5. The number of nitrogens with one attached hydrogen (secondary N) is 1. The Labute approximate surface area is 141 Å². The average Bonchev–Trinajstić information content (AvgIpc) is 3.18. The molecule has 0 aromatic heterocycles. The number of rotatable bonds is 2. The van der Waals surface area contributed by atoms with E-state index in [2.05, 4.69) is 41.4 Å². The molecule has 3 fully saturated rings. The number of carbonyl (C=O) groups excluding carboxylic acids is 1. The van der Waals surface area contributed by atoms with Gasteiger partial charge in [0.1, 0.15) is 0 Å². The molecule has 23 heavy (non-hydrogen) atoms. The van der Waals surface area contributed by atoms with Gasteiger partial charge in [0.15, 0.2) is 0 Å². The lowest BCUT2D eigenvalue weighted by Crippen LogP contribution is -2.39. The molecule has 3 aliphatic rings. The van der Waals surface area contributed by atoms with Crippen LogP contribution in [-0.4, -0.2) is 35.3 Å². The number of hydrogen-bond acceptors (Lipinski definition) is 3. The number of para-hydroxylation sites is 1. The summed E-state index contributed by atoms with van der Waals surface area (Å²) in [5, 5.41) is 4.42. The molecule has 2 atom stereocenters. The smallest absolute Gasteiger partial charge is 0.322 e. The Bertz CT molecular complexity index is 630. The molecule has 4 nitrogen and oxygen atoms in total. The van der Waals surface area contributed by atoms with E-state index < -0.39 is 0 Å². The van der Waals surface area contributed by atoms with E-state index in [4.69, 9.17) is 0 Å². The van der Waals surface area contributed by atoms with Crippen LogP contribution in [0.4, 0.5) is 10.5 Å². The monoisotopic (exact) mass is 329 g/mol. The second-order valence-electron chi connectivity index (χ2n) is 6.50. The summed E-state index contributed by atoms with van der Waals surface area (Å²) >= 11 is 1.87. The number of amides is 2. The van der Waals surface area contributed by atoms with Crippen molar-refractivity contribution < 1.29 is 4.79 Å². The number of benzene rings is 1. The maximum Gasteiger partial charge on any atom is 0.322 e. The van der Waals surface area contributed by atoms with E-state index in [-0.39, 0.29) is 6.03 Å². The van der Waals surface area contributed by atoms with Gasteiger partial charge in [0, 0.05) is 18.0 Å². The fraction of sp³-hybridized carbons (Fsp3) is 0.500. The summed E-state index contributed by atoms with van der Waals surface area (Å²) in [5.41, 5.74) is 2.33. The van der Waals surface area contributed by atoms with Crippen LogP contribution >= 0.6 is 11.8 Å². The summed E-state index contributed by atoms with van der Waals surface area (Å²) in [6.07, 6.45) is 4.69. The van der Waals surface area contributed by atoms with Gasteiger partial charge in [-0.25, -0.2) is 4.79 Å². The normalized spacial score (nSPS) is 29.5. The molecule has 0 radical (unpaired) electrons. The lowest BCUT2D eigenvalue weighted by molar-refractivity contribution is 0.211. The number of hydrogen-bond donors (Lipinski definition) is 1. The van der Waals surface area contributed by atoms with Gasteiger partial charge in [-0.1, -0.05) is 31.0 Å². The highest BCUT2D eigenvalue weighted by Crippen LogP contribution is 2.39. The van der Waals surface area contributed by atoms with E-state index in [0.29, 0.717) is 12.1 Å². The molecule has 2 heterocycles. The van der Waals surface area contributed by atoms with Crippen LogP contribution in [-0.2, 0) is 0 Å². The molecule has 4 rings (SSSR count). The number of nitrogens with zero attached hydrogens (tertiary/aromatic N) is 2. The highest BCUT2D eigenvalue weighted by molar-refractivity contribution is 8.03. The number of allylic oxidation sites excluding steroid dienone is 1. The van der Waals surface area contributed by atoms with Crippen molar-refractivity contribution in [3.05, 3.63) is 41.1 Å². The number of anilines is 1. The van der Waals surface area contributed by atoms with Gasteiger partial charge in [-0.15, -0.1) is 11.8 Å². The fourth-order valence-corrected chi connectivity index (χ4v) is 5.17. The topological polar surface area (TPSA) is 35.6 Å². The summed E-state index contributed by atoms with van der Waals surface area (Å²) in [5.74, 6) is 1.07. The van der Waals surface area contributed by atoms with Gasteiger partial charge in [-0.3, -0.25) is 4.90 Å². The van der Waals surface area contributed by atoms with Gasteiger partial charge in [0.2, 0.25) is 0 Å². The van der Waals surface area contributed by atoms with Crippen LogP contribution in [0, 0.1) is 0 Å². The van der Waals surface area contributed by atoms with E-state index >= 15 is 0 Å². The van der Waals surface area contributed by atoms with Gasteiger partial charge in [-0.2, -0.15) is 0 Å². The zero-order valence-corrected chi connectivity index (χ0v) is 14.3. The Balaban J connectivity index is 1.67. The second kappa shape index (κ2) is 6.11. The molecule has 1 N–H and O–H groups in total. The number of urea groups is 1. The van der Waals surface area contributed by atoms with Crippen molar-refractivity contribution in [2.24, 2.45) is 0 Å². The number of thioether (sulfide) groups is 1. The van der Waals surface area contributed by atoms with Crippen LogP contribution in [0.2, 0.25) is 0 Å². The van der Waals surface area contributed by atoms with E-state index in [9.17, 15) is 4.79 Å². The van der Waals surface area contributed by atoms with Crippen LogP contribution in [0.3, 0.4) is 0 Å². The molecule has 2 amide bonds. The van der Waals surface area contributed by atoms with Crippen LogP contribution in [0.15, 0.2) is 41.1 Å². The molecule has 1 aromatic rings. The molecule has 2 saturated heterocycles. The van der Waals surface area contributed by atoms with Crippen molar-refractivity contribution in [3.63, 3.8) is 0 Å². The molecular formula is C18H23N3OS. The minimum atomic E-state index is 0.0902. The fourth-order valence-electron chi connectivity index (χ4n) is 4.04. The summed E-state index contributed by atoms with van der Waals surface area (Å²) < 4.78 is 0. The SMILES string of the molecule is C/C(=C1/SCCN1c1ccccc1)N1C(=O)N[C@@H]2CCCC[C@H]21. The Morgan fingerprint density at radius 2 is 2.00 bits per heavy atom. The molecule has 1 aromatic carbocycles. The van der Waals surface area contributed by atoms with Crippen LogP contribution < -0.4 is 10.2 Å². The van der Waals surface area contributed by atoms with E-state index in [1.807, 2.05) is 22.7 Å². The van der Waals surface area contributed by atoms with Gasteiger partial charge in [0.25, 0.3) is 0 Å². The van der Waals surface area contributed by atoms with Crippen molar-refractivity contribution >= 4 is 23.5 Å². The lowest BCUT2D eigenvalue weighted by Gasteiger charge is -2.32. The maximum absolute atomic E-state index is 12.5. The first-order valence-electron chi connectivity index (χ1n) is 8.51. The summed E-state index contributed by atoms with van der Waals surface area (Å²) in [7, 11) is 0. The first-order chi connectivity index (χ1) is 11.3. The molecule has 2 aliphatic heterocycles. The molecule has 5 heteroatoms. The summed E-state index contributed by atoms with van der Waals surface area (Å²) in [6, 6.07) is 11.2. The highest BCUT2D eigenvalue weighted by atomic mass is 32.2. The third kappa shape index (κ3) is 2.61. The zero-order chi connectivity index (χ0) is 15.8. The number of fused-ring (bicyclic) bond motifs is 1. The van der Waals surface area contributed by atoms with Crippen molar-refractivity contribution in [1.29, 1.82) is 0 Å². The predicted octanol–water partition coefficient (Wildman–Crippen LogP) is 3.77. The largest absolute Gasteiger partial charge is 0.334 e. The van der Waals surface area contributed by atoms with Crippen LogP contribution in [0.1, 0.15) is 32.6 Å². The Hall–Kier alpha value is -1.62. The third-order valence-corrected chi connectivity index (χ3v) is 6.30. The van der Waals surface area contributed by atoms with E-state index in [1.165, 1.54) is 23.6 Å². The molecular weight excluding hydrogens is 306 g/mol. The molecule has 1 saturated carbocycles. The third-order valence-electron chi connectivity index (χ3n) is 5.13. The second-order valence-corrected chi connectivity index (χ2v) is 7.59. The van der Waals surface area contributed by atoms with Crippen molar-refractivity contribution in [3.8, 4) is 0 Å². The predicted molar refractivity (Wildman–Crippen MR) is 95.4 cm³/mol. The van der Waals surface area contributed by atoms with Crippen molar-refractivity contribution in [2.45, 2.75) is 44.7 Å². The maximum atomic E-state index is 12.5. The summed E-state index contributed by atoms with van der Waals surface area (Å²) in [6.45, 7) is 3.12. The molecule has 0 unspecified atom stereocenters. The number of carbonyl (C=O) groups is 1. The average molecular weight is 329 g/mol. The van der Waals surface area contributed by atoms with Crippen LogP contribution in [0.25, 0.3) is 0 Å². The minimum Gasteiger partial charge on any atom is -0.334 e. The minimum absolute atomic E-state index is 0.0902. The van der Waals surface area contributed by atoms with E-state index in [0.717, 1.165) is 30.8 Å². The van der Waals surface area contributed by atoms with Crippen molar-refractivity contribution in [1.82, 2.24) is 10.2 Å². The van der Waals surface area contributed by atoms with Gasteiger partial charge in [-0.05, 0) is 31.9 Å². The standard InChI is InChI=1S/C18H23N3OS/c1-13(21-16-10-6-5-9-15(16)19-18(21)22)17-20(11-12-23-17)14-7-3-2-4-8-14/h2-4,7-8,15-16H,5-6,9-12H2,1H3,(H,19,22)/b17-13-/t15-,16-/m1/s1. The van der Waals surface area contributed by atoms with Gasteiger partial charge in [0.05, 0.1) is 22.8 Å². The molecule has 0 bridgehead atoms. The Kier molecular flexibility index (Phi) is 3.97. The quantitative estimate of drug-likeness (QED) is 0.897. The van der Waals surface area contributed by atoms with Gasteiger partial charge < -0.3 is 10.2 Å². The van der Waals surface area contributed by atoms with Crippen molar-refractivity contribution in [2.75, 3.05) is 17.2 Å². The van der Waals surface area contributed by atoms with Crippen LogP contribution in [0.5, 0.6) is 0 Å². The molecule has 1 aliphatic carbocycles. The highest BCUT2D eigenvalue weighted by Gasteiger charge is 2.42. The first kappa shape index (κ1) is 14.9. The van der Waals surface area contributed by atoms with E-state index in [1.54, 1.807) is 0 Å². The molecule has 122 valence electrons. The first-order valence-corrected chi connectivity index (χ1v) is 9.50. The Morgan fingerprint density at radius 3 is 2.83 bits per heavy atom. The summed E-state index contributed by atoms with van der Waals surface area (Å²) in [4.78, 5) is 16.9. The lowest BCUT2D eigenvalue weighted by atomic mass is 9.91.